The van der Waals surface area contributed by atoms with E-state index >= 15 is 0 Å². The fourth-order valence-electron chi connectivity index (χ4n) is 3.83. The summed E-state index contributed by atoms with van der Waals surface area (Å²) in [7, 11) is 0. The molecule has 0 saturated heterocycles. The zero-order valence-corrected chi connectivity index (χ0v) is 24.2. The smallest absolute Gasteiger partial charge is 0.331 e. The summed E-state index contributed by atoms with van der Waals surface area (Å²) in [5.74, 6) is 0.909. The molecule has 0 aliphatic carbocycles. The van der Waals surface area contributed by atoms with Crippen LogP contribution in [-0.4, -0.2) is 45.6 Å². The Labute approximate surface area is 232 Å². The fraction of sp³-hybridized carbons (Fsp3) is 0.452. The Morgan fingerprint density at radius 2 is 1.97 bits per heavy atom. The third-order valence-electron chi connectivity index (χ3n) is 5.55. The highest BCUT2D eigenvalue weighted by molar-refractivity contribution is 5.92. The number of aryl methyl sites for hydroxylation is 1. The minimum Gasteiger partial charge on any atom is -0.493 e. The van der Waals surface area contributed by atoms with Gasteiger partial charge in [-0.25, -0.2) is 9.78 Å². The lowest BCUT2D eigenvalue weighted by Gasteiger charge is -2.34. The SMILES string of the molecule is CC(C)(C)N.CC=CC=CC(=O)N1CCc2ccc(OCCc3nc(/C=C/C(C)C)oc3C)cc2C1C(=O)O. The maximum absolute atomic E-state index is 12.6. The number of amides is 1. The molecule has 1 aliphatic rings. The van der Waals surface area contributed by atoms with E-state index < -0.39 is 12.0 Å². The van der Waals surface area contributed by atoms with Crippen LogP contribution in [-0.2, 0) is 22.4 Å². The van der Waals surface area contributed by atoms with E-state index in [-0.39, 0.29) is 11.4 Å². The molecule has 8 nitrogen and oxygen atoms in total. The third-order valence-corrected chi connectivity index (χ3v) is 5.55. The number of carbonyl (C=O) groups excluding carboxylic acids is 1. The van der Waals surface area contributed by atoms with Crippen molar-refractivity contribution in [2.45, 2.75) is 72.9 Å². The number of oxazole rings is 1. The zero-order valence-electron chi connectivity index (χ0n) is 24.2. The van der Waals surface area contributed by atoms with Crippen LogP contribution in [0.3, 0.4) is 0 Å². The van der Waals surface area contributed by atoms with Gasteiger partial charge in [-0.1, -0.05) is 44.2 Å². The van der Waals surface area contributed by atoms with Crippen molar-refractivity contribution < 1.29 is 23.8 Å². The molecule has 0 fully saturated rings. The van der Waals surface area contributed by atoms with Gasteiger partial charge < -0.3 is 24.9 Å². The number of fused-ring (bicyclic) bond motifs is 1. The number of ether oxygens (including phenoxy) is 1. The second-order valence-corrected chi connectivity index (χ2v) is 10.9. The molecule has 1 aromatic heterocycles. The summed E-state index contributed by atoms with van der Waals surface area (Å²) in [5.41, 5.74) is 7.68. The minimum atomic E-state index is -1.06. The lowest BCUT2D eigenvalue weighted by molar-refractivity contribution is -0.149. The molecule has 0 bridgehead atoms. The Kier molecular flexibility index (Phi) is 11.7. The van der Waals surface area contributed by atoms with Gasteiger partial charge in [0.15, 0.2) is 6.04 Å². The molecule has 1 aromatic carbocycles. The average molecular weight is 538 g/mol. The van der Waals surface area contributed by atoms with E-state index in [1.54, 1.807) is 24.3 Å². The van der Waals surface area contributed by atoms with E-state index in [1.807, 2.05) is 58.9 Å². The molecule has 3 N–H and O–H groups in total. The van der Waals surface area contributed by atoms with E-state index in [9.17, 15) is 14.7 Å². The van der Waals surface area contributed by atoms with Crippen molar-refractivity contribution in [3.05, 3.63) is 77.1 Å². The highest BCUT2D eigenvalue weighted by Crippen LogP contribution is 2.33. The summed E-state index contributed by atoms with van der Waals surface area (Å²) < 4.78 is 11.6. The van der Waals surface area contributed by atoms with Gasteiger partial charge in [-0.2, -0.15) is 0 Å². The van der Waals surface area contributed by atoms with E-state index in [1.165, 1.54) is 11.0 Å². The summed E-state index contributed by atoms with van der Waals surface area (Å²) in [4.78, 5) is 30.6. The number of allylic oxidation sites excluding steroid dienone is 4. The molecule has 2 heterocycles. The number of rotatable bonds is 9. The van der Waals surface area contributed by atoms with Gasteiger partial charge in [0.05, 0.1) is 12.3 Å². The van der Waals surface area contributed by atoms with Gasteiger partial charge in [0, 0.05) is 24.6 Å². The standard InChI is InChI=1S/C27H32N2O5.C4H11N/c1-5-6-7-8-25(30)29-15-13-20-10-11-21(17-22(20)26(29)27(31)32)33-16-14-23-19(4)34-24(28-23)12-9-18(2)3;1-4(2,3)5/h5-12,17-18,26H,13-16H2,1-4H3,(H,31,32);5H2,1-3H3/b6-5?,8-7?,12-9+;. The van der Waals surface area contributed by atoms with Crippen LogP contribution >= 0.6 is 0 Å². The fourth-order valence-corrected chi connectivity index (χ4v) is 3.83. The molecule has 0 spiro atoms. The number of carbonyl (C=O) groups is 2. The van der Waals surface area contributed by atoms with Gasteiger partial charge >= 0.3 is 5.97 Å². The van der Waals surface area contributed by atoms with Crippen LogP contribution in [0.4, 0.5) is 0 Å². The number of aromatic nitrogens is 1. The second-order valence-electron chi connectivity index (χ2n) is 10.9. The van der Waals surface area contributed by atoms with Crippen LogP contribution in [0.5, 0.6) is 5.75 Å². The quantitative estimate of drug-likeness (QED) is 0.313. The van der Waals surface area contributed by atoms with Crippen molar-refractivity contribution in [2.75, 3.05) is 13.2 Å². The molecule has 0 saturated carbocycles. The Balaban J connectivity index is 0.000000976. The third kappa shape index (κ3) is 10.6. The molecule has 1 unspecified atom stereocenters. The summed E-state index contributed by atoms with van der Waals surface area (Å²) in [6, 6.07) is 4.40. The van der Waals surface area contributed by atoms with Crippen molar-refractivity contribution in [3.8, 4) is 5.75 Å². The van der Waals surface area contributed by atoms with Crippen molar-refractivity contribution in [3.63, 3.8) is 0 Å². The Bertz CT molecular complexity index is 1200. The second kappa shape index (κ2) is 14.5. The Morgan fingerprint density at radius 3 is 2.59 bits per heavy atom. The lowest BCUT2D eigenvalue weighted by Crippen LogP contribution is -2.42. The van der Waals surface area contributed by atoms with E-state index in [2.05, 4.69) is 18.8 Å². The van der Waals surface area contributed by atoms with Crippen LogP contribution in [0.15, 0.2) is 53.0 Å². The topological polar surface area (TPSA) is 119 Å². The summed E-state index contributed by atoms with van der Waals surface area (Å²) in [5, 5.41) is 9.91. The molecule has 1 atom stereocenters. The van der Waals surface area contributed by atoms with Crippen LogP contribution < -0.4 is 10.5 Å². The molecular formula is C31H43N3O5. The number of hydrogen-bond acceptors (Lipinski definition) is 6. The first-order valence-electron chi connectivity index (χ1n) is 13.3. The van der Waals surface area contributed by atoms with Gasteiger partial charge in [0.2, 0.25) is 11.8 Å². The molecule has 212 valence electrons. The first-order valence-corrected chi connectivity index (χ1v) is 13.3. The zero-order chi connectivity index (χ0) is 29.2. The molecule has 2 aromatic rings. The number of hydrogen-bond donors (Lipinski definition) is 2. The molecule has 1 aliphatic heterocycles. The Hall–Kier alpha value is -3.65. The van der Waals surface area contributed by atoms with Crippen molar-refractivity contribution >= 4 is 18.0 Å². The largest absolute Gasteiger partial charge is 0.493 e. The molecule has 8 heteroatoms. The molecule has 39 heavy (non-hydrogen) atoms. The number of nitrogens with zero attached hydrogens (tertiary/aromatic N) is 2. The van der Waals surface area contributed by atoms with Crippen LogP contribution in [0, 0.1) is 12.8 Å². The number of carboxylic acid groups (broad SMARTS) is 1. The molecular weight excluding hydrogens is 494 g/mol. The molecule has 1 amide bonds. The maximum atomic E-state index is 12.6. The van der Waals surface area contributed by atoms with Gasteiger partial charge in [0.25, 0.3) is 0 Å². The summed E-state index contributed by atoms with van der Waals surface area (Å²) >= 11 is 0. The molecule has 0 radical (unpaired) electrons. The molecule has 3 rings (SSSR count). The number of benzene rings is 1. The van der Waals surface area contributed by atoms with Crippen molar-refractivity contribution in [2.24, 2.45) is 11.7 Å². The average Bonchev–Trinajstić information content (AvgIpc) is 3.20. The Morgan fingerprint density at radius 1 is 1.28 bits per heavy atom. The van der Waals surface area contributed by atoms with E-state index in [0.29, 0.717) is 49.1 Å². The monoisotopic (exact) mass is 537 g/mol. The van der Waals surface area contributed by atoms with E-state index in [4.69, 9.17) is 14.9 Å². The number of nitrogens with two attached hydrogens (primary N) is 1. The minimum absolute atomic E-state index is 0. The summed E-state index contributed by atoms with van der Waals surface area (Å²) in [6.45, 7) is 14.5. The predicted octanol–water partition coefficient (Wildman–Crippen LogP) is 5.66. The van der Waals surface area contributed by atoms with E-state index in [0.717, 1.165) is 17.0 Å². The van der Waals surface area contributed by atoms with Gasteiger partial charge in [-0.3, -0.25) is 4.79 Å². The maximum Gasteiger partial charge on any atom is 0.331 e. The number of carboxylic acids is 1. The highest BCUT2D eigenvalue weighted by atomic mass is 16.5. The lowest BCUT2D eigenvalue weighted by atomic mass is 9.92. The first-order chi connectivity index (χ1) is 18.3. The summed E-state index contributed by atoms with van der Waals surface area (Å²) in [6.07, 6.45) is 11.6. The van der Waals surface area contributed by atoms with Crippen LogP contribution in [0.1, 0.15) is 76.1 Å². The normalized spacial score (nSPS) is 15.6. The van der Waals surface area contributed by atoms with Gasteiger partial charge in [-0.15, -0.1) is 0 Å². The van der Waals surface area contributed by atoms with Crippen molar-refractivity contribution in [1.82, 2.24) is 9.88 Å². The predicted molar refractivity (Wildman–Crippen MR) is 154 cm³/mol. The van der Waals surface area contributed by atoms with Crippen LogP contribution in [0.2, 0.25) is 0 Å². The highest BCUT2D eigenvalue weighted by Gasteiger charge is 2.35. The first kappa shape index (κ1) is 31.6. The van der Waals surface area contributed by atoms with Gasteiger partial charge in [0.1, 0.15) is 11.5 Å². The van der Waals surface area contributed by atoms with Gasteiger partial charge in [-0.05, 0) is 76.3 Å². The van der Waals surface area contributed by atoms with Crippen molar-refractivity contribution in [1.29, 1.82) is 0 Å². The number of aliphatic carboxylic acids is 1. The van der Waals surface area contributed by atoms with Crippen LogP contribution in [0.25, 0.3) is 6.08 Å².